The molecule has 0 fully saturated rings. The third kappa shape index (κ3) is 1.84. The lowest BCUT2D eigenvalue weighted by molar-refractivity contribution is 0.449. The fourth-order valence-electron chi connectivity index (χ4n) is 3.59. The highest BCUT2D eigenvalue weighted by molar-refractivity contribution is 9.10. The van der Waals surface area contributed by atoms with Gasteiger partial charge in [0.15, 0.2) is 0 Å². The van der Waals surface area contributed by atoms with Gasteiger partial charge in [0, 0.05) is 20.1 Å². The van der Waals surface area contributed by atoms with Gasteiger partial charge in [-0.3, -0.25) is 0 Å². The van der Waals surface area contributed by atoms with Gasteiger partial charge in [-0.25, -0.2) is 0 Å². The number of halogens is 2. The Balaban J connectivity index is 2.25. The minimum atomic E-state index is 0.000787. The first-order valence-corrected chi connectivity index (χ1v) is 8.59. The van der Waals surface area contributed by atoms with Crippen LogP contribution in [0.5, 0.6) is 0 Å². The summed E-state index contributed by atoms with van der Waals surface area (Å²) in [4.78, 5) is 0.376. The summed E-state index contributed by atoms with van der Waals surface area (Å²) in [5.74, 6) is 0. The van der Waals surface area contributed by atoms with Crippen molar-refractivity contribution in [2.45, 2.75) is 36.4 Å². The minimum absolute atomic E-state index is 0.000787. The summed E-state index contributed by atoms with van der Waals surface area (Å²) in [6, 6.07) is 17.6. The van der Waals surface area contributed by atoms with Crippen molar-refractivity contribution in [1.82, 2.24) is 0 Å². The zero-order valence-corrected chi connectivity index (χ0v) is 15.1. The van der Waals surface area contributed by atoms with E-state index in [4.69, 9.17) is 0 Å². The Morgan fingerprint density at radius 1 is 0.850 bits per heavy atom. The topological polar surface area (TPSA) is 0 Å². The fourth-order valence-corrected chi connectivity index (χ4v) is 4.61. The summed E-state index contributed by atoms with van der Waals surface area (Å²) in [6.07, 6.45) is 0. The summed E-state index contributed by atoms with van der Waals surface area (Å²) in [7, 11) is 0. The Morgan fingerprint density at radius 3 is 2.00 bits per heavy atom. The molecule has 1 aliphatic rings. The Bertz CT molecular complexity index is 643. The van der Waals surface area contributed by atoms with E-state index < -0.39 is 0 Å². The van der Waals surface area contributed by atoms with E-state index >= 15 is 0 Å². The van der Waals surface area contributed by atoms with Crippen LogP contribution >= 0.6 is 31.9 Å². The Hall–Kier alpha value is -0.600. The molecule has 0 heterocycles. The molecule has 0 radical (unpaired) electrons. The van der Waals surface area contributed by atoms with Crippen LogP contribution in [0.25, 0.3) is 0 Å². The van der Waals surface area contributed by atoms with Crippen molar-refractivity contribution in [2.75, 3.05) is 0 Å². The fraction of sp³-hybridized carbons (Fsp3) is 0.333. The van der Waals surface area contributed by atoms with Crippen molar-refractivity contribution >= 4 is 31.9 Å². The average molecular weight is 394 g/mol. The highest BCUT2D eigenvalue weighted by atomic mass is 79.9. The summed E-state index contributed by atoms with van der Waals surface area (Å²) >= 11 is 7.54. The van der Waals surface area contributed by atoms with E-state index in [1.54, 1.807) is 0 Å². The van der Waals surface area contributed by atoms with Crippen molar-refractivity contribution in [2.24, 2.45) is 0 Å². The maximum Gasteiger partial charge on any atom is 0.0372 e. The van der Waals surface area contributed by atoms with E-state index in [1.807, 2.05) is 0 Å². The monoisotopic (exact) mass is 392 g/mol. The zero-order valence-electron chi connectivity index (χ0n) is 12.0. The number of hydrogen-bond donors (Lipinski definition) is 0. The molecule has 2 aromatic carbocycles. The van der Waals surface area contributed by atoms with Gasteiger partial charge in [0.25, 0.3) is 0 Å². The molecule has 0 N–H and O–H groups in total. The highest BCUT2D eigenvalue weighted by Gasteiger charge is 2.52. The smallest absolute Gasteiger partial charge is 0.0372 e. The van der Waals surface area contributed by atoms with Crippen molar-refractivity contribution < 1.29 is 0 Å². The standard InChI is InChI=1S/C18H18Br2/c1-17(2)14-6-4-5-7-15(14)18(3,16(17)20)12-8-10-13(19)11-9-12/h4-11,16H,1-3H3. The summed E-state index contributed by atoms with van der Waals surface area (Å²) in [5, 5.41) is 0. The van der Waals surface area contributed by atoms with Crippen LogP contribution in [0.1, 0.15) is 37.5 Å². The molecule has 2 heteroatoms. The molecule has 0 aliphatic heterocycles. The second-order valence-corrected chi connectivity index (χ2v) is 8.17. The lowest BCUT2D eigenvalue weighted by Crippen LogP contribution is -2.37. The first-order chi connectivity index (χ1) is 9.38. The first kappa shape index (κ1) is 14.3. The molecule has 0 spiro atoms. The zero-order chi connectivity index (χ0) is 14.5. The van der Waals surface area contributed by atoms with Crippen molar-refractivity contribution in [3.8, 4) is 0 Å². The molecular formula is C18H18Br2. The lowest BCUT2D eigenvalue weighted by atomic mass is 9.75. The first-order valence-electron chi connectivity index (χ1n) is 6.88. The van der Waals surface area contributed by atoms with Crippen LogP contribution in [0.4, 0.5) is 0 Å². The molecule has 2 aromatic rings. The Labute approximate surface area is 137 Å². The van der Waals surface area contributed by atoms with E-state index in [9.17, 15) is 0 Å². The van der Waals surface area contributed by atoms with Crippen LogP contribution in [0.3, 0.4) is 0 Å². The van der Waals surface area contributed by atoms with Gasteiger partial charge in [-0.05, 0) is 28.8 Å². The number of benzene rings is 2. The second-order valence-electron chi connectivity index (χ2n) is 6.34. The molecule has 1 aliphatic carbocycles. The molecule has 0 bridgehead atoms. The van der Waals surface area contributed by atoms with Gasteiger partial charge in [-0.15, -0.1) is 0 Å². The molecule has 0 saturated carbocycles. The van der Waals surface area contributed by atoms with Crippen LogP contribution in [0.15, 0.2) is 53.0 Å². The van der Waals surface area contributed by atoms with Gasteiger partial charge in [-0.1, -0.05) is 89.0 Å². The number of alkyl halides is 1. The lowest BCUT2D eigenvalue weighted by Gasteiger charge is -2.35. The van der Waals surface area contributed by atoms with Crippen molar-refractivity contribution in [1.29, 1.82) is 0 Å². The molecule has 0 saturated heterocycles. The largest absolute Gasteiger partial charge is 0.0868 e. The van der Waals surface area contributed by atoms with Gasteiger partial charge < -0.3 is 0 Å². The number of hydrogen-bond acceptors (Lipinski definition) is 0. The predicted octanol–water partition coefficient (Wildman–Crippen LogP) is 5.81. The van der Waals surface area contributed by atoms with Crippen LogP contribution in [0.2, 0.25) is 0 Å². The van der Waals surface area contributed by atoms with Gasteiger partial charge in [0.2, 0.25) is 0 Å². The van der Waals surface area contributed by atoms with Gasteiger partial charge in [-0.2, -0.15) is 0 Å². The predicted molar refractivity (Wildman–Crippen MR) is 92.8 cm³/mol. The molecule has 0 aromatic heterocycles. The van der Waals surface area contributed by atoms with E-state index in [0.717, 1.165) is 4.47 Å². The van der Waals surface area contributed by atoms with E-state index in [0.29, 0.717) is 4.83 Å². The van der Waals surface area contributed by atoms with Crippen LogP contribution < -0.4 is 0 Å². The molecule has 2 atom stereocenters. The molecule has 0 nitrogen and oxygen atoms in total. The molecule has 2 unspecified atom stereocenters. The number of fused-ring (bicyclic) bond motifs is 1. The molecular weight excluding hydrogens is 376 g/mol. The normalized spacial score (nSPS) is 27.4. The minimum Gasteiger partial charge on any atom is -0.0868 e. The highest BCUT2D eigenvalue weighted by Crippen LogP contribution is 2.55. The quantitative estimate of drug-likeness (QED) is 0.536. The molecule has 104 valence electrons. The third-order valence-electron chi connectivity index (χ3n) is 4.77. The molecule has 20 heavy (non-hydrogen) atoms. The molecule has 0 amide bonds. The Morgan fingerprint density at radius 2 is 1.40 bits per heavy atom. The van der Waals surface area contributed by atoms with Crippen molar-refractivity contribution in [3.05, 3.63) is 69.7 Å². The Kier molecular flexibility index (Phi) is 3.38. The summed E-state index contributed by atoms with van der Waals surface area (Å²) < 4.78 is 1.13. The summed E-state index contributed by atoms with van der Waals surface area (Å²) in [6.45, 7) is 7.01. The third-order valence-corrected chi connectivity index (χ3v) is 7.35. The maximum absolute atomic E-state index is 4.01. The maximum atomic E-state index is 4.01. The van der Waals surface area contributed by atoms with Crippen LogP contribution in [0, 0.1) is 0 Å². The van der Waals surface area contributed by atoms with Crippen LogP contribution in [-0.2, 0) is 10.8 Å². The van der Waals surface area contributed by atoms with E-state index in [1.165, 1.54) is 16.7 Å². The van der Waals surface area contributed by atoms with Crippen LogP contribution in [-0.4, -0.2) is 4.83 Å². The van der Waals surface area contributed by atoms with Gasteiger partial charge in [0.1, 0.15) is 0 Å². The van der Waals surface area contributed by atoms with Gasteiger partial charge >= 0.3 is 0 Å². The number of rotatable bonds is 1. The second kappa shape index (κ2) is 4.71. The van der Waals surface area contributed by atoms with E-state index in [2.05, 4.69) is 101 Å². The SMILES string of the molecule is CC1(C)c2ccccc2C(C)(c2ccc(Br)cc2)C1Br. The molecule has 3 rings (SSSR count). The van der Waals surface area contributed by atoms with E-state index in [-0.39, 0.29) is 10.8 Å². The summed E-state index contributed by atoms with van der Waals surface area (Å²) in [5.41, 5.74) is 4.38. The average Bonchev–Trinajstić information content (AvgIpc) is 2.60. The van der Waals surface area contributed by atoms with Gasteiger partial charge in [0.05, 0.1) is 0 Å². The van der Waals surface area contributed by atoms with Crippen molar-refractivity contribution in [3.63, 3.8) is 0 Å².